The second-order valence-corrected chi connectivity index (χ2v) is 5.93. The zero-order chi connectivity index (χ0) is 14.3. The molecule has 0 radical (unpaired) electrons. The summed E-state index contributed by atoms with van der Waals surface area (Å²) >= 11 is 7.53. The molecule has 0 saturated heterocycles. The van der Waals surface area contributed by atoms with Crippen LogP contribution < -0.4 is 4.90 Å². The molecule has 0 N–H and O–H groups in total. The lowest BCUT2D eigenvalue weighted by molar-refractivity contribution is -0.116. The number of rotatable bonds is 7. The van der Waals surface area contributed by atoms with E-state index in [-0.39, 0.29) is 11.8 Å². The zero-order valence-electron chi connectivity index (χ0n) is 11.9. The first-order valence-corrected chi connectivity index (χ1v) is 8.31. The Kier molecular flexibility index (Phi) is 7.32. The smallest absolute Gasteiger partial charge is 0.242 e. The Bertz CT molecular complexity index is 402. The van der Waals surface area contributed by atoms with Crippen molar-refractivity contribution in [1.82, 2.24) is 0 Å². The Balaban J connectivity index is 2.87. The number of hydrogen-bond donors (Lipinski definition) is 0. The molecule has 4 heteroatoms. The fourth-order valence-electron chi connectivity index (χ4n) is 1.97. The molecule has 0 saturated carbocycles. The van der Waals surface area contributed by atoms with Crippen molar-refractivity contribution in [2.75, 3.05) is 22.4 Å². The second-order valence-electron chi connectivity index (χ2n) is 4.59. The summed E-state index contributed by atoms with van der Waals surface area (Å²) in [6.45, 7) is 6.24. The van der Waals surface area contributed by atoms with Gasteiger partial charge in [-0.15, -0.1) is 23.4 Å². The zero-order valence-corrected chi connectivity index (χ0v) is 13.5. The van der Waals surface area contributed by atoms with Crippen LogP contribution in [-0.4, -0.2) is 23.4 Å². The van der Waals surface area contributed by atoms with Crippen LogP contribution in [0.5, 0.6) is 0 Å². The SMILES string of the molecule is CCCCSCN(C(=O)CCl)c1c(C)cccc1C. The molecule has 0 aliphatic rings. The van der Waals surface area contributed by atoms with Crippen molar-refractivity contribution < 1.29 is 4.79 Å². The molecule has 1 amide bonds. The van der Waals surface area contributed by atoms with Gasteiger partial charge in [0.1, 0.15) is 5.88 Å². The number of amides is 1. The van der Waals surface area contributed by atoms with Crippen LogP contribution in [-0.2, 0) is 4.79 Å². The van der Waals surface area contributed by atoms with Gasteiger partial charge < -0.3 is 4.90 Å². The fraction of sp³-hybridized carbons (Fsp3) is 0.533. The minimum absolute atomic E-state index is 0.0249. The largest absolute Gasteiger partial charge is 0.301 e. The number of benzene rings is 1. The van der Waals surface area contributed by atoms with Crippen molar-refractivity contribution in [2.45, 2.75) is 33.6 Å². The van der Waals surface area contributed by atoms with Gasteiger partial charge >= 0.3 is 0 Å². The lowest BCUT2D eigenvalue weighted by atomic mass is 10.1. The number of carbonyl (C=O) groups excluding carboxylic acids is 1. The molecule has 0 atom stereocenters. The van der Waals surface area contributed by atoms with E-state index >= 15 is 0 Å². The molecule has 0 spiro atoms. The van der Waals surface area contributed by atoms with Crippen LogP contribution in [0, 0.1) is 13.8 Å². The van der Waals surface area contributed by atoms with Gasteiger partial charge in [-0.25, -0.2) is 0 Å². The Morgan fingerprint density at radius 2 is 1.95 bits per heavy atom. The van der Waals surface area contributed by atoms with E-state index in [9.17, 15) is 4.79 Å². The summed E-state index contributed by atoms with van der Waals surface area (Å²) in [5.74, 6) is 1.76. The van der Waals surface area contributed by atoms with Gasteiger partial charge in [0.25, 0.3) is 0 Å². The summed E-state index contributed by atoms with van der Waals surface area (Å²) in [6.07, 6.45) is 2.36. The Labute approximate surface area is 125 Å². The molecule has 0 aromatic heterocycles. The third-order valence-corrected chi connectivity index (χ3v) is 4.23. The van der Waals surface area contributed by atoms with Crippen LogP contribution in [0.1, 0.15) is 30.9 Å². The van der Waals surface area contributed by atoms with E-state index in [1.54, 1.807) is 11.8 Å². The van der Waals surface area contributed by atoms with Gasteiger partial charge in [0, 0.05) is 0 Å². The van der Waals surface area contributed by atoms with Crippen molar-refractivity contribution in [3.05, 3.63) is 29.3 Å². The standard InChI is InChI=1S/C15H22ClNOS/c1-4-5-9-19-11-17(14(18)10-16)15-12(2)7-6-8-13(15)3/h6-8H,4-5,9-11H2,1-3H3. The van der Waals surface area contributed by atoms with Crippen LogP contribution in [0.25, 0.3) is 0 Å². The van der Waals surface area contributed by atoms with Gasteiger partial charge in [-0.1, -0.05) is 31.5 Å². The van der Waals surface area contributed by atoms with Crippen molar-refractivity contribution in [3.63, 3.8) is 0 Å². The highest BCUT2D eigenvalue weighted by atomic mass is 35.5. The number of anilines is 1. The van der Waals surface area contributed by atoms with Crippen LogP contribution >= 0.6 is 23.4 Å². The summed E-state index contributed by atoms with van der Waals surface area (Å²) in [5.41, 5.74) is 3.25. The molecule has 0 heterocycles. The Hall–Kier alpha value is -0.670. The monoisotopic (exact) mass is 299 g/mol. The molecule has 1 rings (SSSR count). The molecule has 19 heavy (non-hydrogen) atoms. The molecule has 0 aliphatic carbocycles. The van der Waals surface area contributed by atoms with Gasteiger partial charge in [-0.3, -0.25) is 4.79 Å². The summed E-state index contributed by atoms with van der Waals surface area (Å²) in [7, 11) is 0. The summed E-state index contributed by atoms with van der Waals surface area (Å²) in [4.78, 5) is 13.9. The van der Waals surface area contributed by atoms with Gasteiger partial charge in [-0.2, -0.15) is 0 Å². The van der Waals surface area contributed by atoms with Crippen LogP contribution in [0.15, 0.2) is 18.2 Å². The molecule has 2 nitrogen and oxygen atoms in total. The van der Waals surface area contributed by atoms with Gasteiger partial charge in [0.15, 0.2) is 0 Å². The fourth-order valence-corrected chi connectivity index (χ4v) is 3.19. The third kappa shape index (κ3) is 4.73. The Morgan fingerprint density at radius 3 is 2.47 bits per heavy atom. The number of hydrogen-bond acceptors (Lipinski definition) is 2. The summed E-state index contributed by atoms with van der Waals surface area (Å²) in [6, 6.07) is 6.09. The molecular formula is C15H22ClNOS. The van der Waals surface area contributed by atoms with E-state index in [2.05, 4.69) is 6.92 Å². The molecule has 1 aromatic carbocycles. The number of carbonyl (C=O) groups is 1. The van der Waals surface area contributed by atoms with Crippen molar-refractivity contribution in [1.29, 1.82) is 0 Å². The molecular weight excluding hydrogens is 278 g/mol. The van der Waals surface area contributed by atoms with E-state index in [1.165, 1.54) is 12.8 Å². The van der Waals surface area contributed by atoms with Crippen LogP contribution in [0.4, 0.5) is 5.69 Å². The topological polar surface area (TPSA) is 20.3 Å². The molecule has 0 aliphatic heterocycles. The third-order valence-electron chi connectivity index (χ3n) is 2.99. The predicted octanol–water partition coefficient (Wildman–Crippen LogP) is 4.37. The predicted molar refractivity (Wildman–Crippen MR) is 86.4 cm³/mol. The van der Waals surface area contributed by atoms with E-state index in [1.807, 2.05) is 36.9 Å². The number of halogens is 1. The highest BCUT2D eigenvalue weighted by molar-refractivity contribution is 7.99. The van der Waals surface area contributed by atoms with Gasteiger partial charge in [-0.05, 0) is 37.1 Å². The van der Waals surface area contributed by atoms with E-state index in [0.717, 1.165) is 22.6 Å². The minimum Gasteiger partial charge on any atom is -0.301 e. The van der Waals surface area contributed by atoms with Gasteiger partial charge in [0.05, 0.1) is 11.6 Å². The first kappa shape index (κ1) is 16.4. The average molecular weight is 300 g/mol. The van der Waals surface area contributed by atoms with E-state index in [0.29, 0.717) is 5.88 Å². The highest BCUT2D eigenvalue weighted by Gasteiger charge is 2.18. The molecule has 0 fully saturated rings. The number of alkyl halides is 1. The van der Waals surface area contributed by atoms with E-state index in [4.69, 9.17) is 11.6 Å². The lowest BCUT2D eigenvalue weighted by Gasteiger charge is -2.25. The maximum Gasteiger partial charge on any atom is 0.242 e. The normalized spacial score (nSPS) is 10.5. The highest BCUT2D eigenvalue weighted by Crippen LogP contribution is 2.26. The van der Waals surface area contributed by atoms with Crippen molar-refractivity contribution in [3.8, 4) is 0 Å². The molecule has 1 aromatic rings. The lowest BCUT2D eigenvalue weighted by Crippen LogP contribution is -2.33. The Morgan fingerprint density at radius 1 is 1.32 bits per heavy atom. The average Bonchev–Trinajstić information content (AvgIpc) is 2.40. The second kappa shape index (κ2) is 8.49. The number of nitrogens with zero attached hydrogens (tertiary/aromatic N) is 1. The maximum absolute atomic E-state index is 12.1. The maximum atomic E-state index is 12.1. The van der Waals surface area contributed by atoms with Gasteiger partial charge in [0.2, 0.25) is 5.91 Å². The quantitative estimate of drug-likeness (QED) is 0.423. The number of aryl methyl sites for hydroxylation is 2. The first-order chi connectivity index (χ1) is 9.11. The van der Waals surface area contributed by atoms with Crippen molar-refractivity contribution >= 4 is 35.0 Å². The number of para-hydroxylation sites is 1. The number of unbranched alkanes of at least 4 members (excludes halogenated alkanes) is 1. The number of thioether (sulfide) groups is 1. The molecule has 0 bridgehead atoms. The van der Waals surface area contributed by atoms with Crippen LogP contribution in [0.2, 0.25) is 0 Å². The minimum atomic E-state index is -0.0249. The van der Waals surface area contributed by atoms with E-state index < -0.39 is 0 Å². The molecule has 106 valence electrons. The molecule has 0 unspecified atom stereocenters. The van der Waals surface area contributed by atoms with Crippen molar-refractivity contribution in [2.24, 2.45) is 0 Å². The van der Waals surface area contributed by atoms with Crippen LogP contribution in [0.3, 0.4) is 0 Å². The summed E-state index contributed by atoms with van der Waals surface area (Å²) < 4.78 is 0. The first-order valence-electron chi connectivity index (χ1n) is 6.62. The summed E-state index contributed by atoms with van der Waals surface area (Å²) in [5, 5.41) is 0.